The standard InChI is InChI=1S/C28H34N2O3/c1-5-25(28(32)29-17-20(2)3)30(18-22-15-13-21(4)14-16-22)27(31)19-33-26-12-8-10-23-9-6-7-11-24(23)26/h6-16,20,25H,5,17-19H2,1-4H3,(H,29,32)/t25-/m1/s1. The molecule has 3 aromatic carbocycles. The Morgan fingerprint density at radius 1 is 0.970 bits per heavy atom. The fourth-order valence-corrected chi connectivity index (χ4v) is 3.78. The van der Waals surface area contributed by atoms with Crippen molar-refractivity contribution in [3.63, 3.8) is 0 Å². The maximum absolute atomic E-state index is 13.4. The van der Waals surface area contributed by atoms with Gasteiger partial charge < -0.3 is 15.0 Å². The first-order chi connectivity index (χ1) is 15.9. The van der Waals surface area contributed by atoms with Crippen LogP contribution in [0.4, 0.5) is 0 Å². The summed E-state index contributed by atoms with van der Waals surface area (Å²) in [6.45, 7) is 8.86. The first-order valence-corrected chi connectivity index (χ1v) is 11.6. The van der Waals surface area contributed by atoms with Crippen molar-refractivity contribution >= 4 is 22.6 Å². The second-order valence-electron chi connectivity index (χ2n) is 8.84. The van der Waals surface area contributed by atoms with Crippen LogP contribution in [-0.2, 0) is 16.1 Å². The van der Waals surface area contributed by atoms with E-state index in [9.17, 15) is 9.59 Å². The van der Waals surface area contributed by atoms with Crippen LogP contribution in [0.25, 0.3) is 10.8 Å². The Hall–Kier alpha value is -3.34. The van der Waals surface area contributed by atoms with E-state index in [0.29, 0.717) is 31.2 Å². The molecule has 1 atom stereocenters. The van der Waals surface area contributed by atoms with E-state index in [4.69, 9.17) is 4.74 Å². The highest BCUT2D eigenvalue weighted by Gasteiger charge is 2.29. The third-order valence-electron chi connectivity index (χ3n) is 5.64. The lowest BCUT2D eigenvalue weighted by Gasteiger charge is -2.31. The number of fused-ring (bicyclic) bond motifs is 1. The van der Waals surface area contributed by atoms with Crippen molar-refractivity contribution in [2.24, 2.45) is 5.92 Å². The molecule has 5 nitrogen and oxygen atoms in total. The molecule has 0 bridgehead atoms. The summed E-state index contributed by atoms with van der Waals surface area (Å²) in [5.74, 6) is 0.656. The molecule has 33 heavy (non-hydrogen) atoms. The van der Waals surface area contributed by atoms with E-state index in [0.717, 1.165) is 21.9 Å². The van der Waals surface area contributed by atoms with Gasteiger partial charge in [-0.05, 0) is 36.3 Å². The molecule has 0 radical (unpaired) electrons. The lowest BCUT2D eigenvalue weighted by molar-refractivity contribution is -0.143. The van der Waals surface area contributed by atoms with Gasteiger partial charge in [0, 0.05) is 18.5 Å². The lowest BCUT2D eigenvalue weighted by atomic mass is 10.1. The number of nitrogens with one attached hydrogen (secondary N) is 1. The fourth-order valence-electron chi connectivity index (χ4n) is 3.78. The van der Waals surface area contributed by atoms with E-state index in [-0.39, 0.29) is 18.4 Å². The Morgan fingerprint density at radius 3 is 2.36 bits per heavy atom. The molecule has 5 heteroatoms. The van der Waals surface area contributed by atoms with Crippen molar-refractivity contribution < 1.29 is 14.3 Å². The van der Waals surface area contributed by atoms with Crippen LogP contribution in [-0.4, -0.2) is 35.9 Å². The van der Waals surface area contributed by atoms with Gasteiger partial charge in [0.25, 0.3) is 5.91 Å². The molecule has 3 rings (SSSR count). The van der Waals surface area contributed by atoms with E-state index in [1.54, 1.807) is 4.90 Å². The molecule has 0 aliphatic carbocycles. The van der Waals surface area contributed by atoms with Gasteiger partial charge in [-0.25, -0.2) is 0 Å². The van der Waals surface area contributed by atoms with Crippen molar-refractivity contribution in [3.05, 3.63) is 77.9 Å². The van der Waals surface area contributed by atoms with Gasteiger partial charge in [-0.15, -0.1) is 0 Å². The zero-order valence-electron chi connectivity index (χ0n) is 20.0. The second-order valence-corrected chi connectivity index (χ2v) is 8.84. The third kappa shape index (κ3) is 6.58. The van der Waals surface area contributed by atoms with Crippen molar-refractivity contribution in [2.45, 2.75) is 46.7 Å². The van der Waals surface area contributed by atoms with Gasteiger partial charge >= 0.3 is 0 Å². The number of benzene rings is 3. The van der Waals surface area contributed by atoms with E-state index >= 15 is 0 Å². The van der Waals surface area contributed by atoms with E-state index in [2.05, 4.69) is 19.2 Å². The number of rotatable bonds is 10. The Kier molecular flexibility index (Phi) is 8.47. The minimum atomic E-state index is -0.561. The highest BCUT2D eigenvalue weighted by Crippen LogP contribution is 2.25. The number of aryl methyl sites for hydroxylation is 1. The molecule has 0 aliphatic heterocycles. The van der Waals surface area contributed by atoms with E-state index in [1.807, 2.05) is 80.6 Å². The average Bonchev–Trinajstić information content (AvgIpc) is 2.82. The molecule has 0 unspecified atom stereocenters. The van der Waals surface area contributed by atoms with Crippen molar-refractivity contribution in [1.29, 1.82) is 0 Å². The Morgan fingerprint density at radius 2 is 1.67 bits per heavy atom. The van der Waals surface area contributed by atoms with Crippen LogP contribution in [0.5, 0.6) is 5.75 Å². The number of ether oxygens (including phenoxy) is 1. The fraction of sp³-hybridized carbons (Fsp3) is 0.357. The summed E-state index contributed by atoms with van der Waals surface area (Å²) < 4.78 is 5.97. The number of carbonyl (C=O) groups excluding carboxylic acids is 2. The molecule has 1 N–H and O–H groups in total. The zero-order valence-corrected chi connectivity index (χ0v) is 20.0. The number of nitrogens with zero attached hydrogens (tertiary/aromatic N) is 1. The van der Waals surface area contributed by atoms with Gasteiger partial charge in [0.05, 0.1) is 0 Å². The predicted octanol–water partition coefficient (Wildman–Crippen LogP) is 5.11. The molecule has 3 aromatic rings. The highest BCUT2D eigenvalue weighted by molar-refractivity contribution is 5.90. The second kappa shape index (κ2) is 11.5. The number of carbonyl (C=O) groups is 2. The van der Waals surface area contributed by atoms with Gasteiger partial charge in [0.2, 0.25) is 5.91 Å². The van der Waals surface area contributed by atoms with Crippen LogP contribution in [0.2, 0.25) is 0 Å². The molecular formula is C28H34N2O3. The zero-order chi connectivity index (χ0) is 23.8. The van der Waals surface area contributed by atoms with Crippen LogP contribution < -0.4 is 10.1 Å². The lowest BCUT2D eigenvalue weighted by Crippen LogP contribution is -2.50. The Bertz CT molecular complexity index is 1070. The van der Waals surface area contributed by atoms with Gasteiger partial charge in [-0.1, -0.05) is 87.0 Å². The summed E-state index contributed by atoms with van der Waals surface area (Å²) in [5.41, 5.74) is 2.13. The largest absolute Gasteiger partial charge is 0.483 e. The van der Waals surface area contributed by atoms with Crippen molar-refractivity contribution in [2.75, 3.05) is 13.2 Å². The monoisotopic (exact) mass is 446 g/mol. The first-order valence-electron chi connectivity index (χ1n) is 11.6. The van der Waals surface area contributed by atoms with Crippen LogP contribution in [0.3, 0.4) is 0 Å². The normalized spacial score (nSPS) is 11.9. The minimum absolute atomic E-state index is 0.128. The molecule has 0 aromatic heterocycles. The molecule has 0 fully saturated rings. The van der Waals surface area contributed by atoms with Crippen LogP contribution in [0.1, 0.15) is 38.3 Å². The van der Waals surface area contributed by atoms with Crippen LogP contribution in [0.15, 0.2) is 66.7 Å². The summed E-state index contributed by atoms with van der Waals surface area (Å²) in [6, 6.07) is 21.2. The smallest absolute Gasteiger partial charge is 0.261 e. The summed E-state index contributed by atoms with van der Waals surface area (Å²) >= 11 is 0. The molecule has 0 aliphatic rings. The van der Waals surface area contributed by atoms with Crippen LogP contribution in [0, 0.1) is 12.8 Å². The highest BCUT2D eigenvalue weighted by atomic mass is 16.5. The molecule has 2 amide bonds. The molecule has 174 valence electrons. The maximum atomic E-state index is 13.4. The molecule has 0 saturated heterocycles. The number of hydrogen-bond acceptors (Lipinski definition) is 3. The topological polar surface area (TPSA) is 58.6 Å². The van der Waals surface area contributed by atoms with E-state index in [1.165, 1.54) is 0 Å². The Balaban J connectivity index is 1.81. The minimum Gasteiger partial charge on any atom is -0.483 e. The van der Waals surface area contributed by atoms with Crippen LogP contribution >= 0.6 is 0 Å². The first kappa shape index (κ1) is 24.3. The summed E-state index contributed by atoms with van der Waals surface area (Å²) in [5, 5.41) is 5.00. The number of hydrogen-bond donors (Lipinski definition) is 1. The number of amides is 2. The van der Waals surface area contributed by atoms with Crippen molar-refractivity contribution in [1.82, 2.24) is 10.2 Å². The molecular weight excluding hydrogens is 412 g/mol. The van der Waals surface area contributed by atoms with Gasteiger partial charge in [-0.3, -0.25) is 9.59 Å². The summed E-state index contributed by atoms with van der Waals surface area (Å²) in [4.78, 5) is 28.0. The molecule has 0 spiro atoms. The van der Waals surface area contributed by atoms with E-state index < -0.39 is 6.04 Å². The van der Waals surface area contributed by atoms with Crippen molar-refractivity contribution in [3.8, 4) is 5.75 Å². The SMILES string of the molecule is CC[C@H](C(=O)NCC(C)C)N(Cc1ccc(C)cc1)C(=O)COc1cccc2ccccc12. The quantitative estimate of drug-likeness (QED) is 0.471. The summed E-state index contributed by atoms with van der Waals surface area (Å²) in [6.07, 6.45) is 0.524. The summed E-state index contributed by atoms with van der Waals surface area (Å²) in [7, 11) is 0. The van der Waals surface area contributed by atoms with Gasteiger partial charge in [0.1, 0.15) is 11.8 Å². The molecule has 0 saturated carbocycles. The van der Waals surface area contributed by atoms with Gasteiger partial charge in [0.15, 0.2) is 6.61 Å². The molecule has 0 heterocycles. The predicted molar refractivity (Wildman–Crippen MR) is 133 cm³/mol. The van der Waals surface area contributed by atoms with Gasteiger partial charge in [-0.2, -0.15) is 0 Å². The average molecular weight is 447 g/mol. The third-order valence-corrected chi connectivity index (χ3v) is 5.64. The Labute approximate surface area is 196 Å². The maximum Gasteiger partial charge on any atom is 0.261 e.